The first-order chi connectivity index (χ1) is 13.2. The lowest BCUT2D eigenvalue weighted by atomic mass is 9.73. The van der Waals surface area contributed by atoms with Gasteiger partial charge in [0.2, 0.25) is 5.91 Å². The Bertz CT molecular complexity index is 659. The van der Waals surface area contributed by atoms with Crippen LogP contribution >= 0.6 is 0 Å². The Morgan fingerprint density at radius 2 is 2.37 bits per heavy atom. The van der Waals surface area contributed by atoms with Crippen molar-refractivity contribution in [2.75, 3.05) is 26.2 Å². The first-order valence-corrected chi connectivity index (χ1v) is 10.4. The van der Waals surface area contributed by atoms with Gasteiger partial charge in [0, 0.05) is 63.4 Å². The van der Waals surface area contributed by atoms with Gasteiger partial charge in [-0.05, 0) is 32.6 Å². The summed E-state index contributed by atoms with van der Waals surface area (Å²) in [5.41, 5.74) is 0.0426. The van der Waals surface area contributed by atoms with Gasteiger partial charge in [-0.15, -0.1) is 0 Å². The number of likely N-dealkylation sites (tertiary alicyclic amines) is 1. The predicted octanol–water partition coefficient (Wildman–Crippen LogP) is 2.23. The standard InChI is InChI=1S/C21H32N4O2/c1-2-3-4-5-6-20(26)23-13-17-18-14-25(12-11-24-10-9-22-16-24)15-21(18)8-7-19(17)27-21/h2-3,9-10,16-19H,4-8,11-15H2,1H3,(H,23,26)/b3-2+/t17-,18+,19+,21+/m0/s1. The molecule has 3 aliphatic heterocycles. The molecule has 0 radical (unpaired) electrons. The highest BCUT2D eigenvalue weighted by atomic mass is 16.5. The van der Waals surface area contributed by atoms with Crippen molar-refractivity contribution < 1.29 is 9.53 Å². The van der Waals surface area contributed by atoms with Crippen LogP contribution in [0.4, 0.5) is 0 Å². The molecule has 4 heterocycles. The average molecular weight is 373 g/mol. The highest BCUT2D eigenvalue weighted by Crippen LogP contribution is 2.54. The fraction of sp³-hybridized carbons (Fsp3) is 0.714. The lowest BCUT2D eigenvalue weighted by Crippen LogP contribution is -2.41. The minimum absolute atomic E-state index is 0.0426. The van der Waals surface area contributed by atoms with Crippen LogP contribution in [0.5, 0.6) is 0 Å². The van der Waals surface area contributed by atoms with E-state index in [1.54, 1.807) is 0 Å². The smallest absolute Gasteiger partial charge is 0.220 e. The second kappa shape index (κ2) is 8.15. The summed E-state index contributed by atoms with van der Waals surface area (Å²) < 4.78 is 8.62. The van der Waals surface area contributed by atoms with Gasteiger partial charge in [0.15, 0.2) is 0 Å². The van der Waals surface area contributed by atoms with Crippen LogP contribution in [0.3, 0.4) is 0 Å². The summed E-state index contributed by atoms with van der Waals surface area (Å²) in [6.07, 6.45) is 15.1. The summed E-state index contributed by atoms with van der Waals surface area (Å²) in [6, 6.07) is 0. The zero-order chi connectivity index (χ0) is 18.7. The van der Waals surface area contributed by atoms with Crippen molar-refractivity contribution in [1.82, 2.24) is 19.8 Å². The molecule has 0 saturated carbocycles. The Balaban J connectivity index is 1.27. The summed E-state index contributed by atoms with van der Waals surface area (Å²) in [4.78, 5) is 18.8. The van der Waals surface area contributed by atoms with Gasteiger partial charge in [0.1, 0.15) is 0 Å². The lowest BCUT2D eigenvalue weighted by Gasteiger charge is -2.29. The molecule has 1 N–H and O–H groups in total. The molecule has 3 saturated heterocycles. The van der Waals surface area contributed by atoms with Crippen LogP contribution in [-0.2, 0) is 16.1 Å². The zero-order valence-electron chi connectivity index (χ0n) is 16.3. The van der Waals surface area contributed by atoms with E-state index in [0.29, 0.717) is 24.4 Å². The molecule has 0 unspecified atom stereocenters. The number of nitrogens with one attached hydrogen (secondary N) is 1. The molecule has 6 heteroatoms. The topological polar surface area (TPSA) is 59.4 Å². The van der Waals surface area contributed by atoms with Crippen molar-refractivity contribution in [2.45, 2.75) is 57.3 Å². The Kier molecular flexibility index (Phi) is 5.64. The maximum atomic E-state index is 12.2. The van der Waals surface area contributed by atoms with E-state index in [1.165, 1.54) is 6.42 Å². The third-order valence-corrected chi connectivity index (χ3v) is 6.63. The van der Waals surface area contributed by atoms with Gasteiger partial charge in [-0.1, -0.05) is 12.2 Å². The zero-order valence-corrected chi connectivity index (χ0v) is 16.3. The number of amides is 1. The van der Waals surface area contributed by atoms with Crippen molar-refractivity contribution >= 4 is 5.91 Å². The minimum atomic E-state index is 0.0426. The van der Waals surface area contributed by atoms with Crippen molar-refractivity contribution in [3.8, 4) is 0 Å². The van der Waals surface area contributed by atoms with E-state index in [2.05, 4.69) is 25.8 Å². The number of carbonyl (C=O) groups excluding carboxylic acids is 1. The number of aromatic nitrogens is 2. The number of hydrogen-bond donors (Lipinski definition) is 1. The first kappa shape index (κ1) is 18.7. The van der Waals surface area contributed by atoms with Crippen LogP contribution in [0.2, 0.25) is 0 Å². The molecule has 3 aliphatic rings. The molecule has 1 aromatic rings. The van der Waals surface area contributed by atoms with Gasteiger partial charge in [-0.25, -0.2) is 4.98 Å². The number of allylic oxidation sites excluding steroid dienone is 2. The normalized spacial score (nSPS) is 32.4. The maximum absolute atomic E-state index is 12.2. The molecular weight excluding hydrogens is 340 g/mol. The van der Waals surface area contributed by atoms with Crippen molar-refractivity contribution in [1.29, 1.82) is 0 Å². The molecule has 4 rings (SSSR count). The van der Waals surface area contributed by atoms with Gasteiger partial charge in [0.25, 0.3) is 0 Å². The Hall–Kier alpha value is -1.66. The molecule has 2 bridgehead atoms. The van der Waals surface area contributed by atoms with Gasteiger partial charge in [0.05, 0.1) is 18.0 Å². The number of nitrogens with zero attached hydrogens (tertiary/aromatic N) is 3. The largest absolute Gasteiger partial charge is 0.370 e. The number of carbonyl (C=O) groups is 1. The van der Waals surface area contributed by atoms with E-state index in [9.17, 15) is 4.79 Å². The summed E-state index contributed by atoms with van der Waals surface area (Å²) in [5.74, 6) is 1.21. The van der Waals surface area contributed by atoms with Crippen molar-refractivity contribution in [3.05, 3.63) is 30.9 Å². The number of ether oxygens (including phenoxy) is 1. The molecule has 4 atom stereocenters. The molecule has 1 amide bonds. The predicted molar refractivity (Wildman–Crippen MR) is 104 cm³/mol. The second-order valence-corrected chi connectivity index (χ2v) is 8.33. The summed E-state index contributed by atoms with van der Waals surface area (Å²) in [6.45, 7) is 6.93. The quantitative estimate of drug-likeness (QED) is 0.533. The molecule has 1 spiro atoms. The van der Waals surface area contributed by atoms with Crippen LogP contribution in [0.25, 0.3) is 0 Å². The molecule has 27 heavy (non-hydrogen) atoms. The minimum Gasteiger partial charge on any atom is -0.370 e. The van der Waals surface area contributed by atoms with Gasteiger partial charge >= 0.3 is 0 Å². The number of imidazole rings is 1. The lowest BCUT2D eigenvalue weighted by molar-refractivity contribution is -0.121. The SMILES string of the molecule is C/C=C/CCCC(=O)NC[C@H]1[C@H]2CN(CCn3ccnc3)C[C@]23CC[C@H]1O3. The van der Waals surface area contributed by atoms with Gasteiger partial charge < -0.3 is 14.6 Å². The van der Waals surface area contributed by atoms with Crippen LogP contribution in [0.15, 0.2) is 30.9 Å². The molecule has 3 fully saturated rings. The van der Waals surface area contributed by atoms with Crippen LogP contribution in [0, 0.1) is 11.8 Å². The number of hydrogen-bond acceptors (Lipinski definition) is 4. The average Bonchev–Trinajstić information content (AvgIpc) is 3.42. The van der Waals surface area contributed by atoms with Crippen LogP contribution < -0.4 is 5.32 Å². The molecule has 148 valence electrons. The van der Waals surface area contributed by atoms with Crippen molar-refractivity contribution in [3.63, 3.8) is 0 Å². The monoisotopic (exact) mass is 372 g/mol. The second-order valence-electron chi connectivity index (χ2n) is 8.33. The third kappa shape index (κ3) is 3.97. The van der Waals surface area contributed by atoms with Gasteiger partial charge in [-0.2, -0.15) is 0 Å². The fourth-order valence-corrected chi connectivity index (χ4v) is 5.27. The van der Waals surface area contributed by atoms with E-state index >= 15 is 0 Å². The Morgan fingerprint density at radius 3 is 3.19 bits per heavy atom. The van der Waals surface area contributed by atoms with Crippen LogP contribution in [-0.4, -0.2) is 58.2 Å². The summed E-state index contributed by atoms with van der Waals surface area (Å²) in [5, 5.41) is 3.19. The number of rotatable bonds is 9. The van der Waals surface area contributed by atoms with E-state index < -0.39 is 0 Å². The molecule has 6 nitrogen and oxygen atoms in total. The van der Waals surface area contributed by atoms with E-state index in [-0.39, 0.29) is 11.5 Å². The maximum Gasteiger partial charge on any atom is 0.220 e. The first-order valence-electron chi connectivity index (χ1n) is 10.4. The fourth-order valence-electron chi connectivity index (χ4n) is 5.27. The van der Waals surface area contributed by atoms with E-state index in [0.717, 1.165) is 52.0 Å². The third-order valence-electron chi connectivity index (χ3n) is 6.63. The molecule has 0 aromatic carbocycles. The van der Waals surface area contributed by atoms with Crippen molar-refractivity contribution in [2.24, 2.45) is 11.8 Å². The molecule has 0 aliphatic carbocycles. The molecule has 1 aromatic heterocycles. The highest BCUT2D eigenvalue weighted by molar-refractivity contribution is 5.75. The molecular formula is C21H32N4O2. The van der Waals surface area contributed by atoms with E-state index in [1.807, 2.05) is 31.7 Å². The van der Waals surface area contributed by atoms with E-state index in [4.69, 9.17) is 4.74 Å². The Morgan fingerprint density at radius 1 is 1.44 bits per heavy atom. The summed E-state index contributed by atoms with van der Waals surface area (Å²) in [7, 11) is 0. The Labute approximate surface area is 162 Å². The van der Waals surface area contributed by atoms with Crippen LogP contribution in [0.1, 0.15) is 39.0 Å². The highest BCUT2D eigenvalue weighted by Gasteiger charge is 2.62. The summed E-state index contributed by atoms with van der Waals surface area (Å²) >= 11 is 0. The number of unbranched alkanes of at least 4 members (excludes halogenated alkanes) is 1. The number of fused-ring (bicyclic) bond motifs is 1. The van der Waals surface area contributed by atoms with Gasteiger partial charge in [-0.3, -0.25) is 9.69 Å².